The van der Waals surface area contributed by atoms with E-state index in [0.29, 0.717) is 44.3 Å². The second kappa shape index (κ2) is 7.72. The average molecular weight is 382 g/mol. The summed E-state index contributed by atoms with van der Waals surface area (Å²) >= 11 is 0. The summed E-state index contributed by atoms with van der Waals surface area (Å²) in [6, 6.07) is 5.67. The molecule has 3 aliphatic rings. The Kier molecular flexibility index (Phi) is 5.58. The third-order valence-electron chi connectivity index (χ3n) is 5.16. The van der Waals surface area contributed by atoms with Gasteiger partial charge in [-0.25, -0.2) is 0 Å². The van der Waals surface area contributed by atoms with Crippen LogP contribution in [0, 0.1) is 5.92 Å². The first kappa shape index (κ1) is 18.8. The Balaban J connectivity index is 0.00000196. The third-order valence-corrected chi connectivity index (χ3v) is 5.16. The van der Waals surface area contributed by atoms with Crippen LogP contribution in [-0.2, 0) is 9.59 Å². The fourth-order valence-electron chi connectivity index (χ4n) is 3.70. The molecule has 2 N–H and O–H groups in total. The monoisotopic (exact) mass is 381 g/mol. The lowest BCUT2D eigenvalue weighted by molar-refractivity contribution is -0.136. The number of nitrogens with two attached hydrogens (primary N) is 1. The van der Waals surface area contributed by atoms with Gasteiger partial charge in [0, 0.05) is 43.9 Å². The van der Waals surface area contributed by atoms with Crippen molar-refractivity contribution in [3.8, 4) is 11.5 Å². The summed E-state index contributed by atoms with van der Waals surface area (Å²) in [5.41, 5.74) is 6.66. The first-order valence-electron chi connectivity index (χ1n) is 8.86. The molecule has 1 aromatic rings. The number of likely N-dealkylation sites (tertiary alicyclic amines) is 1. The highest BCUT2D eigenvalue weighted by Gasteiger charge is 2.38. The van der Waals surface area contributed by atoms with Crippen LogP contribution < -0.4 is 20.1 Å². The van der Waals surface area contributed by atoms with Crippen LogP contribution in [0.15, 0.2) is 18.2 Å². The molecule has 2 amide bonds. The van der Waals surface area contributed by atoms with Gasteiger partial charge in [0.1, 0.15) is 13.2 Å². The van der Waals surface area contributed by atoms with E-state index >= 15 is 0 Å². The Labute approximate surface area is 158 Å². The lowest BCUT2D eigenvalue weighted by atomic mass is 10.0. The SMILES string of the molecule is Cl.NC1CCN(C(=O)C2CC(=O)N(c3ccc4c(c3)OCCO4)C2)CC1. The van der Waals surface area contributed by atoms with E-state index in [2.05, 4.69) is 0 Å². The van der Waals surface area contributed by atoms with E-state index in [4.69, 9.17) is 15.2 Å². The molecule has 0 aliphatic carbocycles. The number of carbonyl (C=O) groups is 2. The standard InChI is InChI=1S/C18H23N3O4.ClH/c19-13-3-5-20(6-4-13)18(23)12-9-17(22)21(11-12)14-1-2-15-16(10-14)25-8-7-24-15;/h1-2,10,12-13H,3-9,11,19H2;1H. The van der Waals surface area contributed by atoms with E-state index in [1.54, 1.807) is 4.90 Å². The van der Waals surface area contributed by atoms with E-state index in [0.717, 1.165) is 18.5 Å². The number of carbonyl (C=O) groups excluding carboxylic acids is 2. The van der Waals surface area contributed by atoms with Crippen LogP contribution in [0.2, 0.25) is 0 Å². The van der Waals surface area contributed by atoms with E-state index in [1.165, 1.54) is 0 Å². The zero-order chi connectivity index (χ0) is 17.4. The summed E-state index contributed by atoms with van der Waals surface area (Å²) in [6.07, 6.45) is 1.92. The zero-order valence-electron chi connectivity index (χ0n) is 14.6. The number of rotatable bonds is 2. The highest BCUT2D eigenvalue weighted by atomic mass is 35.5. The van der Waals surface area contributed by atoms with Crippen molar-refractivity contribution < 1.29 is 19.1 Å². The van der Waals surface area contributed by atoms with Crippen molar-refractivity contribution in [2.24, 2.45) is 11.7 Å². The predicted molar refractivity (Wildman–Crippen MR) is 98.9 cm³/mol. The minimum Gasteiger partial charge on any atom is -0.486 e. The van der Waals surface area contributed by atoms with Crippen molar-refractivity contribution >= 4 is 29.9 Å². The van der Waals surface area contributed by atoms with Gasteiger partial charge in [-0.2, -0.15) is 0 Å². The molecular weight excluding hydrogens is 358 g/mol. The summed E-state index contributed by atoms with van der Waals surface area (Å²) in [7, 11) is 0. The summed E-state index contributed by atoms with van der Waals surface area (Å²) in [6.45, 7) is 2.83. The third kappa shape index (κ3) is 3.59. The average Bonchev–Trinajstić information content (AvgIpc) is 3.03. The molecule has 4 rings (SSSR count). The molecule has 0 radical (unpaired) electrons. The highest BCUT2D eigenvalue weighted by Crippen LogP contribution is 2.36. The smallest absolute Gasteiger partial charge is 0.228 e. The van der Waals surface area contributed by atoms with Gasteiger partial charge in [-0.1, -0.05) is 0 Å². The van der Waals surface area contributed by atoms with Crippen LogP contribution in [0.5, 0.6) is 11.5 Å². The molecule has 7 nitrogen and oxygen atoms in total. The van der Waals surface area contributed by atoms with Crippen molar-refractivity contribution in [2.45, 2.75) is 25.3 Å². The molecule has 1 atom stereocenters. The van der Waals surface area contributed by atoms with Gasteiger partial charge >= 0.3 is 0 Å². The Morgan fingerprint density at radius 3 is 2.54 bits per heavy atom. The summed E-state index contributed by atoms with van der Waals surface area (Å²) < 4.78 is 11.1. The molecule has 1 unspecified atom stereocenters. The Morgan fingerprint density at radius 1 is 1.12 bits per heavy atom. The van der Waals surface area contributed by atoms with Crippen molar-refractivity contribution in [1.82, 2.24) is 4.90 Å². The highest BCUT2D eigenvalue weighted by molar-refractivity contribution is 6.00. The summed E-state index contributed by atoms with van der Waals surface area (Å²) in [5, 5.41) is 0. The summed E-state index contributed by atoms with van der Waals surface area (Å²) in [5.74, 6) is 1.11. The molecule has 0 bridgehead atoms. The number of halogens is 1. The van der Waals surface area contributed by atoms with E-state index < -0.39 is 0 Å². The molecule has 0 saturated carbocycles. The summed E-state index contributed by atoms with van der Waals surface area (Å²) in [4.78, 5) is 28.7. The van der Waals surface area contributed by atoms with Crippen LogP contribution in [0.4, 0.5) is 5.69 Å². The molecule has 1 aromatic carbocycles. The maximum Gasteiger partial charge on any atom is 0.228 e. The van der Waals surface area contributed by atoms with Gasteiger partial charge in [0.05, 0.1) is 5.92 Å². The number of fused-ring (bicyclic) bond motifs is 1. The van der Waals surface area contributed by atoms with Gasteiger partial charge < -0.3 is 25.0 Å². The van der Waals surface area contributed by atoms with Gasteiger partial charge in [0.25, 0.3) is 0 Å². The van der Waals surface area contributed by atoms with Crippen LogP contribution in [0.1, 0.15) is 19.3 Å². The molecule has 8 heteroatoms. The second-order valence-corrected chi connectivity index (χ2v) is 6.90. The second-order valence-electron chi connectivity index (χ2n) is 6.90. The molecule has 3 heterocycles. The lowest BCUT2D eigenvalue weighted by Gasteiger charge is -2.32. The Morgan fingerprint density at radius 2 is 1.81 bits per heavy atom. The Hall–Kier alpha value is -1.99. The molecule has 0 aromatic heterocycles. The fourth-order valence-corrected chi connectivity index (χ4v) is 3.70. The van der Waals surface area contributed by atoms with Crippen LogP contribution >= 0.6 is 12.4 Å². The number of hydrogen-bond acceptors (Lipinski definition) is 5. The van der Waals surface area contributed by atoms with Crippen LogP contribution in [-0.4, -0.2) is 55.6 Å². The number of nitrogens with zero attached hydrogens (tertiary/aromatic N) is 2. The maximum absolute atomic E-state index is 12.7. The minimum atomic E-state index is -0.282. The van der Waals surface area contributed by atoms with Gasteiger partial charge in [-0.15, -0.1) is 12.4 Å². The molecule has 3 aliphatic heterocycles. The number of ether oxygens (including phenoxy) is 2. The molecule has 2 fully saturated rings. The first-order chi connectivity index (χ1) is 12.1. The van der Waals surface area contributed by atoms with Gasteiger partial charge in [0.15, 0.2) is 11.5 Å². The number of amides is 2. The first-order valence-corrected chi connectivity index (χ1v) is 8.86. The van der Waals surface area contributed by atoms with Crippen molar-refractivity contribution in [3.63, 3.8) is 0 Å². The van der Waals surface area contributed by atoms with E-state index in [1.807, 2.05) is 23.1 Å². The molecular formula is C18H24ClN3O4. The molecule has 2 saturated heterocycles. The van der Waals surface area contributed by atoms with Gasteiger partial charge in [-0.05, 0) is 25.0 Å². The number of benzene rings is 1. The van der Waals surface area contributed by atoms with Crippen molar-refractivity contribution in [3.05, 3.63) is 18.2 Å². The van der Waals surface area contributed by atoms with E-state index in [9.17, 15) is 9.59 Å². The number of anilines is 1. The molecule has 142 valence electrons. The van der Waals surface area contributed by atoms with E-state index in [-0.39, 0.29) is 42.6 Å². The Bertz CT molecular complexity index is 691. The minimum absolute atomic E-state index is 0. The normalized spacial score (nSPS) is 23.0. The fraction of sp³-hybridized carbons (Fsp3) is 0.556. The zero-order valence-corrected chi connectivity index (χ0v) is 15.4. The van der Waals surface area contributed by atoms with Gasteiger partial charge in [0.2, 0.25) is 11.8 Å². The number of piperidine rings is 1. The largest absolute Gasteiger partial charge is 0.486 e. The predicted octanol–water partition coefficient (Wildman–Crippen LogP) is 1.18. The van der Waals surface area contributed by atoms with Gasteiger partial charge in [-0.3, -0.25) is 9.59 Å². The molecule has 26 heavy (non-hydrogen) atoms. The van der Waals surface area contributed by atoms with Crippen molar-refractivity contribution in [1.29, 1.82) is 0 Å². The molecule has 0 spiro atoms. The number of hydrogen-bond donors (Lipinski definition) is 1. The topological polar surface area (TPSA) is 85.1 Å². The maximum atomic E-state index is 12.7. The lowest BCUT2D eigenvalue weighted by Crippen LogP contribution is -2.45. The van der Waals surface area contributed by atoms with Crippen LogP contribution in [0.25, 0.3) is 0 Å². The van der Waals surface area contributed by atoms with Crippen molar-refractivity contribution in [2.75, 3.05) is 37.7 Å². The quantitative estimate of drug-likeness (QED) is 0.831. The van der Waals surface area contributed by atoms with Crippen LogP contribution in [0.3, 0.4) is 0 Å².